The summed E-state index contributed by atoms with van der Waals surface area (Å²) in [4.78, 5) is 45.3. The molecule has 3 aromatic rings. The van der Waals surface area contributed by atoms with Gasteiger partial charge in [-0.1, -0.05) is 35.4 Å². The first-order chi connectivity index (χ1) is 16.8. The van der Waals surface area contributed by atoms with Crippen molar-refractivity contribution in [3.8, 4) is 6.01 Å². The number of hydrogen-bond acceptors (Lipinski definition) is 9. The standard InChI is InChI=1S/C25H25N3O7/c1-15-4-8-17(9-5-15)22(29)33-13-20-19(35-23(30)18-10-6-16(2)7-11-18)12-21(34-20)28-14-26-24(32-3)27-25(28)31/h4-11,14,19-21H,12-13H2,1-3H3/t19-,20-,21+/m0/s1. The van der Waals surface area contributed by atoms with Gasteiger partial charge in [-0.25, -0.2) is 14.4 Å². The minimum atomic E-state index is -0.827. The Morgan fingerprint density at radius 1 is 1.00 bits per heavy atom. The smallest absolute Gasteiger partial charge is 0.355 e. The van der Waals surface area contributed by atoms with E-state index in [0.29, 0.717) is 11.1 Å². The van der Waals surface area contributed by atoms with Crippen LogP contribution in [0.5, 0.6) is 6.01 Å². The number of ether oxygens (including phenoxy) is 4. The fraction of sp³-hybridized carbons (Fsp3) is 0.320. The second kappa shape index (κ2) is 10.5. The number of aromatic nitrogens is 3. The summed E-state index contributed by atoms with van der Waals surface area (Å²) in [5, 5.41) is 0. The van der Waals surface area contributed by atoms with Gasteiger partial charge >= 0.3 is 23.6 Å². The highest BCUT2D eigenvalue weighted by molar-refractivity contribution is 5.90. The molecule has 1 saturated heterocycles. The van der Waals surface area contributed by atoms with Gasteiger partial charge in [0.15, 0.2) is 0 Å². The molecule has 0 bridgehead atoms. The minimum Gasteiger partial charge on any atom is -0.467 e. The van der Waals surface area contributed by atoms with Crippen LogP contribution in [-0.4, -0.2) is 52.4 Å². The highest BCUT2D eigenvalue weighted by Gasteiger charge is 2.40. The molecular formula is C25H25N3O7. The Morgan fingerprint density at radius 3 is 2.17 bits per heavy atom. The Hall–Kier alpha value is -4.05. The quantitative estimate of drug-likeness (QED) is 0.471. The van der Waals surface area contributed by atoms with Crippen LogP contribution >= 0.6 is 0 Å². The van der Waals surface area contributed by atoms with E-state index in [1.165, 1.54) is 18.0 Å². The summed E-state index contributed by atoms with van der Waals surface area (Å²) in [5.41, 5.74) is 2.14. The van der Waals surface area contributed by atoms with Crippen LogP contribution < -0.4 is 10.4 Å². The van der Waals surface area contributed by atoms with Gasteiger partial charge in [0.05, 0.1) is 18.2 Å². The van der Waals surface area contributed by atoms with Crippen LogP contribution in [0.15, 0.2) is 59.7 Å². The molecule has 4 rings (SSSR count). The first-order valence-electron chi connectivity index (χ1n) is 11.0. The summed E-state index contributed by atoms with van der Waals surface area (Å²) < 4.78 is 23.2. The Kier molecular flexibility index (Phi) is 7.21. The number of esters is 2. The van der Waals surface area contributed by atoms with Gasteiger partial charge in [-0.2, -0.15) is 4.98 Å². The molecule has 182 valence electrons. The van der Waals surface area contributed by atoms with E-state index in [-0.39, 0.29) is 19.0 Å². The molecule has 2 heterocycles. The van der Waals surface area contributed by atoms with E-state index in [1.54, 1.807) is 48.5 Å². The van der Waals surface area contributed by atoms with E-state index < -0.39 is 36.1 Å². The van der Waals surface area contributed by atoms with Crippen molar-refractivity contribution in [2.24, 2.45) is 0 Å². The summed E-state index contributed by atoms with van der Waals surface area (Å²) in [6, 6.07) is 13.8. The number of hydrogen-bond donors (Lipinski definition) is 0. The summed E-state index contributed by atoms with van der Waals surface area (Å²) in [6.07, 6.45) is -1.03. The fourth-order valence-electron chi connectivity index (χ4n) is 3.60. The molecule has 0 N–H and O–H groups in total. The van der Waals surface area contributed by atoms with Gasteiger partial charge in [0.1, 0.15) is 31.4 Å². The average molecular weight is 479 g/mol. The van der Waals surface area contributed by atoms with Crippen LogP contribution in [0.4, 0.5) is 0 Å². The molecule has 0 saturated carbocycles. The first-order valence-corrected chi connectivity index (χ1v) is 11.0. The van der Waals surface area contributed by atoms with Crippen molar-refractivity contribution in [3.05, 3.63) is 87.6 Å². The van der Waals surface area contributed by atoms with Crippen LogP contribution in [-0.2, 0) is 14.2 Å². The number of methoxy groups -OCH3 is 1. The summed E-state index contributed by atoms with van der Waals surface area (Å²) in [7, 11) is 1.35. The molecule has 0 unspecified atom stereocenters. The summed E-state index contributed by atoms with van der Waals surface area (Å²) >= 11 is 0. The molecule has 1 aliphatic heterocycles. The number of nitrogens with zero attached hydrogens (tertiary/aromatic N) is 3. The van der Waals surface area contributed by atoms with Crippen molar-refractivity contribution in [1.29, 1.82) is 0 Å². The van der Waals surface area contributed by atoms with Gasteiger partial charge in [-0.15, -0.1) is 4.98 Å². The maximum absolute atomic E-state index is 12.7. The van der Waals surface area contributed by atoms with Crippen molar-refractivity contribution in [2.45, 2.75) is 38.7 Å². The molecule has 10 nitrogen and oxygen atoms in total. The zero-order valence-corrected chi connectivity index (χ0v) is 19.5. The number of benzene rings is 2. The number of carbonyl (C=O) groups is 2. The lowest BCUT2D eigenvalue weighted by atomic mass is 10.1. The third-order valence-corrected chi connectivity index (χ3v) is 5.59. The monoisotopic (exact) mass is 479 g/mol. The lowest BCUT2D eigenvalue weighted by Crippen LogP contribution is -2.32. The second-order valence-electron chi connectivity index (χ2n) is 8.17. The topological polar surface area (TPSA) is 119 Å². The van der Waals surface area contributed by atoms with E-state index in [2.05, 4.69) is 9.97 Å². The van der Waals surface area contributed by atoms with Gasteiger partial charge < -0.3 is 18.9 Å². The second-order valence-corrected chi connectivity index (χ2v) is 8.17. The van der Waals surface area contributed by atoms with E-state index in [1.807, 2.05) is 13.8 Å². The van der Waals surface area contributed by atoms with Crippen molar-refractivity contribution >= 4 is 11.9 Å². The molecule has 0 radical (unpaired) electrons. The number of aryl methyl sites for hydroxylation is 2. The van der Waals surface area contributed by atoms with E-state index in [4.69, 9.17) is 18.9 Å². The zero-order chi connectivity index (χ0) is 24.9. The van der Waals surface area contributed by atoms with E-state index >= 15 is 0 Å². The fourth-order valence-corrected chi connectivity index (χ4v) is 3.60. The van der Waals surface area contributed by atoms with Crippen LogP contribution in [0.2, 0.25) is 0 Å². The van der Waals surface area contributed by atoms with Crippen LogP contribution in [0.1, 0.15) is 44.5 Å². The van der Waals surface area contributed by atoms with Gasteiger partial charge in [0.2, 0.25) is 0 Å². The maximum atomic E-state index is 12.7. The van der Waals surface area contributed by atoms with E-state index in [9.17, 15) is 14.4 Å². The molecule has 10 heteroatoms. The molecular weight excluding hydrogens is 454 g/mol. The molecule has 0 amide bonds. The number of carbonyl (C=O) groups excluding carboxylic acids is 2. The highest BCUT2D eigenvalue weighted by Crippen LogP contribution is 2.31. The van der Waals surface area contributed by atoms with Gasteiger partial charge in [0.25, 0.3) is 0 Å². The molecule has 1 aliphatic rings. The molecule has 1 fully saturated rings. The van der Waals surface area contributed by atoms with Gasteiger partial charge in [-0.05, 0) is 38.1 Å². The predicted octanol–water partition coefficient (Wildman–Crippen LogP) is 2.63. The summed E-state index contributed by atoms with van der Waals surface area (Å²) in [6.45, 7) is 3.65. The highest BCUT2D eigenvalue weighted by atomic mass is 16.6. The van der Waals surface area contributed by atoms with Gasteiger partial charge in [-0.3, -0.25) is 4.57 Å². The third kappa shape index (κ3) is 5.72. The van der Waals surface area contributed by atoms with Crippen molar-refractivity contribution in [3.63, 3.8) is 0 Å². The average Bonchev–Trinajstić information content (AvgIpc) is 3.25. The van der Waals surface area contributed by atoms with Crippen molar-refractivity contribution < 1.29 is 28.5 Å². The molecule has 0 aliphatic carbocycles. The van der Waals surface area contributed by atoms with E-state index in [0.717, 1.165) is 11.1 Å². The Balaban J connectivity index is 1.51. The van der Waals surface area contributed by atoms with Crippen LogP contribution in [0, 0.1) is 13.8 Å². The molecule has 3 atom stereocenters. The van der Waals surface area contributed by atoms with Crippen LogP contribution in [0.3, 0.4) is 0 Å². The number of rotatable bonds is 7. The van der Waals surface area contributed by atoms with Gasteiger partial charge in [0, 0.05) is 6.42 Å². The first kappa shape index (κ1) is 24.1. The van der Waals surface area contributed by atoms with Crippen LogP contribution in [0.25, 0.3) is 0 Å². The maximum Gasteiger partial charge on any atom is 0.355 e. The van der Waals surface area contributed by atoms with Crippen molar-refractivity contribution in [1.82, 2.24) is 14.5 Å². The Morgan fingerprint density at radius 2 is 1.60 bits per heavy atom. The molecule has 0 spiro atoms. The molecule has 2 aromatic carbocycles. The van der Waals surface area contributed by atoms with Crippen molar-refractivity contribution in [2.75, 3.05) is 13.7 Å². The summed E-state index contributed by atoms with van der Waals surface area (Å²) in [5.74, 6) is -1.09. The Bertz CT molecular complexity index is 1260. The molecule has 35 heavy (non-hydrogen) atoms. The lowest BCUT2D eigenvalue weighted by molar-refractivity contribution is -0.0585. The SMILES string of the molecule is COc1ncn([C@H]2C[C@H](OC(=O)c3ccc(C)cc3)[C@H](COC(=O)c3ccc(C)cc3)O2)c(=O)n1. The minimum absolute atomic E-state index is 0.0739. The Labute approximate surface area is 201 Å². The zero-order valence-electron chi connectivity index (χ0n) is 19.5. The molecule has 1 aromatic heterocycles. The third-order valence-electron chi connectivity index (χ3n) is 5.59. The largest absolute Gasteiger partial charge is 0.467 e. The lowest BCUT2D eigenvalue weighted by Gasteiger charge is -2.19. The normalized spacial score (nSPS) is 19.2. The predicted molar refractivity (Wildman–Crippen MR) is 123 cm³/mol.